The predicted octanol–water partition coefficient (Wildman–Crippen LogP) is 0.910. The van der Waals surface area contributed by atoms with Crippen LogP contribution in [0.1, 0.15) is 28.8 Å². The molecule has 1 aliphatic rings. The van der Waals surface area contributed by atoms with Gasteiger partial charge in [0, 0.05) is 12.1 Å². The molecule has 1 aromatic carbocycles. The first-order valence-electron chi connectivity index (χ1n) is 5.91. The van der Waals surface area contributed by atoms with Crippen LogP contribution in [-0.2, 0) is 9.59 Å². The van der Waals surface area contributed by atoms with Crippen LogP contribution in [-0.4, -0.2) is 28.9 Å². The van der Waals surface area contributed by atoms with Gasteiger partial charge in [0.25, 0.3) is 0 Å². The Labute approximate surface area is 109 Å². The van der Waals surface area contributed by atoms with Crippen LogP contribution in [0.15, 0.2) is 18.2 Å². The van der Waals surface area contributed by atoms with Crippen molar-refractivity contribution >= 4 is 23.5 Å². The number of hydrogen-bond donors (Lipinski definition) is 3. The Morgan fingerprint density at radius 2 is 2.16 bits per heavy atom. The van der Waals surface area contributed by atoms with Crippen LogP contribution in [0.3, 0.4) is 0 Å². The zero-order chi connectivity index (χ0) is 14.0. The fourth-order valence-corrected chi connectivity index (χ4v) is 1.98. The average Bonchev–Trinajstić information content (AvgIpc) is 2.34. The van der Waals surface area contributed by atoms with Crippen LogP contribution in [0.2, 0.25) is 0 Å². The molecule has 0 aromatic heterocycles. The number of aromatic carboxylic acids is 1. The fraction of sp³-hybridized carbons (Fsp3) is 0.308. The lowest BCUT2D eigenvalue weighted by Gasteiger charge is -2.23. The summed E-state index contributed by atoms with van der Waals surface area (Å²) in [6.07, 6.45) is 0.737. The van der Waals surface area contributed by atoms with Crippen molar-refractivity contribution in [3.63, 3.8) is 0 Å². The van der Waals surface area contributed by atoms with Crippen molar-refractivity contribution in [2.45, 2.75) is 25.8 Å². The maximum absolute atomic E-state index is 11.6. The summed E-state index contributed by atoms with van der Waals surface area (Å²) in [6, 6.07) is 4.18. The second-order valence-corrected chi connectivity index (χ2v) is 4.48. The van der Waals surface area contributed by atoms with Gasteiger partial charge >= 0.3 is 5.97 Å². The zero-order valence-electron chi connectivity index (χ0n) is 10.4. The molecule has 1 atom stereocenters. The SMILES string of the molecule is Cc1cc(C(=O)O)ccc1NC1CCC(=O)NC1=O. The monoisotopic (exact) mass is 262 g/mol. The quantitative estimate of drug-likeness (QED) is 0.704. The first-order chi connectivity index (χ1) is 8.97. The second-order valence-electron chi connectivity index (χ2n) is 4.48. The van der Waals surface area contributed by atoms with Crippen LogP contribution >= 0.6 is 0 Å². The van der Waals surface area contributed by atoms with E-state index in [1.807, 2.05) is 0 Å². The smallest absolute Gasteiger partial charge is 0.335 e. The van der Waals surface area contributed by atoms with Gasteiger partial charge in [-0.25, -0.2) is 4.79 Å². The lowest BCUT2D eigenvalue weighted by molar-refractivity contribution is -0.133. The first kappa shape index (κ1) is 13.1. The number of carbonyl (C=O) groups is 3. The number of rotatable bonds is 3. The van der Waals surface area contributed by atoms with Gasteiger partial charge in [-0.15, -0.1) is 0 Å². The minimum Gasteiger partial charge on any atom is -0.478 e. The van der Waals surface area contributed by atoms with Crippen LogP contribution in [0.4, 0.5) is 5.69 Å². The molecule has 100 valence electrons. The number of imide groups is 1. The minimum atomic E-state index is -0.990. The number of carboxylic acid groups (broad SMARTS) is 1. The van der Waals surface area contributed by atoms with Gasteiger partial charge in [-0.2, -0.15) is 0 Å². The Hall–Kier alpha value is -2.37. The number of hydrogen-bond acceptors (Lipinski definition) is 4. The van der Waals surface area contributed by atoms with E-state index in [0.717, 1.165) is 5.56 Å². The highest BCUT2D eigenvalue weighted by Crippen LogP contribution is 2.19. The molecule has 2 amide bonds. The van der Waals surface area contributed by atoms with Gasteiger partial charge in [-0.3, -0.25) is 14.9 Å². The number of nitrogens with one attached hydrogen (secondary N) is 2. The molecule has 2 rings (SSSR count). The summed E-state index contributed by atoms with van der Waals surface area (Å²) in [6.45, 7) is 1.76. The maximum Gasteiger partial charge on any atom is 0.335 e. The molecule has 0 aliphatic carbocycles. The Morgan fingerprint density at radius 3 is 2.74 bits per heavy atom. The van der Waals surface area contributed by atoms with Crippen LogP contribution < -0.4 is 10.6 Å². The summed E-state index contributed by atoms with van der Waals surface area (Å²) >= 11 is 0. The van der Waals surface area contributed by atoms with Crippen LogP contribution in [0.5, 0.6) is 0 Å². The summed E-state index contributed by atoms with van der Waals surface area (Å²) < 4.78 is 0. The predicted molar refractivity (Wildman–Crippen MR) is 67.9 cm³/mol. The molecule has 19 heavy (non-hydrogen) atoms. The molecule has 0 radical (unpaired) electrons. The third kappa shape index (κ3) is 2.90. The van der Waals surface area contributed by atoms with Crippen molar-refractivity contribution < 1.29 is 19.5 Å². The highest BCUT2D eigenvalue weighted by atomic mass is 16.4. The van der Waals surface area contributed by atoms with E-state index < -0.39 is 12.0 Å². The van der Waals surface area contributed by atoms with Gasteiger partial charge in [-0.05, 0) is 37.1 Å². The van der Waals surface area contributed by atoms with Crippen molar-refractivity contribution in [2.75, 3.05) is 5.32 Å². The summed E-state index contributed by atoms with van der Waals surface area (Å²) in [7, 11) is 0. The van der Waals surface area contributed by atoms with E-state index in [0.29, 0.717) is 18.5 Å². The Balaban J connectivity index is 2.13. The highest BCUT2D eigenvalue weighted by molar-refractivity contribution is 6.01. The largest absolute Gasteiger partial charge is 0.478 e. The number of anilines is 1. The Morgan fingerprint density at radius 1 is 1.42 bits per heavy atom. The fourth-order valence-electron chi connectivity index (χ4n) is 1.98. The third-order valence-electron chi connectivity index (χ3n) is 3.04. The summed E-state index contributed by atoms with van der Waals surface area (Å²) in [5, 5.41) is 14.2. The van der Waals surface area contributed by atoms with Crippen LogP contribution in [0.25, 0.3) is 0 Å². The number of amides is 2. The lowest BCUT2D eigenvalue weighted by atomic mass is 10.0. The maximum atomic E-state index is 11.6. The van der Waals surface area contributed by atoms with Crippen molar-refractivity contribution in [1.82, 2.24) is 5.32 Å². The topological polar surface area (TPSA) is 95.5 Å². The van der Waals surface area contributed by atoms with Gasteiger partial charge in [0.05, 0.1) is 5.56 Å². The van der Waals surface area contributed by atoms with Crippen molar-refractivity contribution in [2.24, 2.45) is 0 Å². The number of piperidine rings is 1. The minimum absolute atomic E-state index is 0.200. The zero-order valence-corrected chi connectivity index (χ0v) is 10.4. The van der Waals surface area contributed by atoms with E-state index in [4.69, 9.17) is 5.11 Å². The number of carbonyl (C=O) groups excluding carboxylic acids is 2. The molecule has 1 saturated heterocycles. The molecule has 1 unspecified atom stereocenters. The molecule has 0 saturated carbocycles. The molecule has 6 heteroatoms. The standard InChI is InChI=1S/C13H14N2O4/c1-7-6-8(13(18)19)2-3-9(7)14-10-4-5-11(16)15-12(10)17/h2-3,6,10,14H,4-5H2,1H3,(H,18,19)(H,15,16,17). The molecule has 1 fully saturated rings. The van der Waals surface area contributed by atoms with Crippen molar-refractivity contribution in [1.29, 1.82) is 0 Å². The van der Waals surface area contributed by atoms with E-state index in [1.54, 1.807) is 13.0 Å². The number of benzene rings is 1. The molecule has 3 N–H and O–H groups in total. The average molecular weight is 262 g/mol. The Kier molecular flexibility index (Phi) is 3.50. The molecule has 0 spiro atoms. The van der Waals surface area contributed by atoms with E-state index in [-0.39, 0.29) is 17.4 Å². The molecule has 1 heterocycles. The third-order valence-corrected chi connectivity index (χ3v) is 3.04. The van der Waals surface area contributed by atoms with Gasteiger partial charge in [-0.1, -0.05) is 0 Å². The number of carboxylic acids is 1. The van der Waals surface area contributed by atoms with Gasteiger partial charge < -0.3 is 10.4 Å². The summed E-state index contributed by atoms with van der Waals surface area (Å²) in [5.41, 5.74) is 1.63. The number of aryl methyl sites for hydroxylation is 1. The first-order valence-corrected chi connectivity index (χ1v) is 5.91. The molecule has 6 nitrogen and oxygen atoms in total. The molecule has 1 aromatic rings. The van der Waals surface area contributed by atoms with E-state index in [9.17, 15) is 14.4 Å². The normalized spacial score (nSPS) is 18.9. The second kappa shape index (κ2) is 5.09. The van der Waals surface area contributed by atoms with E-state index in [1.165, 1.54) is 12.1 Å². The van der Waals surface area contributed by atoms with Gasteiger partial charge in [0.1, 0.15) is 6.04 Å². The highest BCUT2D eigenvalue weighted by Gasteiger charge is 2.26. The summed E-state index contributed by atoms with van der Waals surface area (Å²) in [5.74, 6) is -1.60. The lowest BCUT2D eigenvalue weighted by Crippen LogP contribution is -2.47. The van der Waals surface area contributed by atoms with Crippen LogP contribution in [0, 0.1) is 6.92 Å². The molecule has 1 aliphatic heterocycles. The van der Waals surface area contributed by atoms with Gasteiger partial charge in [0.15, 0.2) is 0 Å². The van der Waals surface area contributed by atoms with E-state index in [2.05, 4.69) is 10.6 Å². The Bertz CT molecular complexity index is 554. The van der Waals surface area contributed by atoms with Crippen molar-refractivity contribution in [3.8, 4) is 0 Å². The van der Waals surface area contributed by atoms with E-state index >= 15 is 0 Å². The summed E-state index contributed by atoms with van der Waals surface area (Å²) in [4.78, 5) is 33.5. The molecular formula is C13H14N2O4. The molecule has 0 bridgehead atoms. The van der Waals surface area contributed by atoms with Crippen molar-refractivity contribution in [3.05, 3.63) is 29.3 Å². The molecular weight excluding hydrogens is 248 g/mol. The van der Waals surface area contributed by atoms with Gasteiger partial charge in [0.2, 0.25) is 11.8 Å².